The largest absolute Gasteiger partial charge is 0.497 e. The maximum absolute atomic E-state index is 5.42. The van der Waals surface area contributed by atoms with Crippen LogP contribution in [0, 0.1) is 0 Å². The lowest BCUT2D eigenvalue weighted by Crippen LogP contribution is -2.20. The third-order valence-electron chi connectivity index (χ3n) is 3.21. The third-order valence-corrected chi connectivity index (χ3v) is 3.21. The first-order valence-electron chi connectivity index (χ1n) is 7.22. The van der Waals surface area contributed by atoms with Gasteiger partial charge >= 0.3 is 0 Å². The Hall–Kier alpha value is -1.10. The topological polar surface area (TPSA) is 39.7 Å². The lowest BCUT2D eigenvalue weighted by atomic mass is 10.1. The second-order valence-electron chi connectivity index (χ2n) is 4.76. The Bertz CT molecular complexity index is 340. The Morgan fingerprint density at radius 3 is 2.40 bits per heavy atom. The van der Waals surface area contributed by atoms with Crippen molar-refractivity contribution >= 4 is 0 Å². The standard InChI is InChI=1S/C16H27NO3/c1-14(15-6-8-16(19-3)9-7-15)17-10-4-5-11-20-13-12-18-2/h6-9,14,17H,4-5,10-13H2,1-3H3. The summed E-state index contributed by atoms with van der Waals surface area (Å²) in [6, 6.07) is 8.55. The molecule has 1 unspecified atom stereocenters. The van der Waals surface area contributed by atoms with Crippen LogP contribution in [0.25, 0.3) is 0 Å². The number of unbranched alkanes of at least 4 members (excludes halogenated alkanes) is 1. The summed E-state index contributed by atoms with van der Waals surface area (Å²) in [5.74, 6) is 0.897. The molecule has 0 amide bonds. The van der Waals surface area contributed by atoms with Crippen LogP contribution in [0.15, 0.2) is 24.3 Å². The molecule has 0 aliphatic carbocycles. The van der Waals surface area contributed by atoms with Crippen molar-refractivity contribution in [2.75, 3.05) is 40.6 Å². The van der Waals surface area contributed by atoms with Gasteiger partial charge in [-0.15, -0.1) is 0 Å². The first kappa shape index (κ1) is 17.0. The second-order valence-corrected chi connectivity index (χ2v) is 4.76. The molecule has 1 aromatic rings. The molecule has 0 aromatic heterocycles. The Labute approximate surface area is 122 Å². The van der Waals surface area contributed by atoms with Crippen molar-refractivity contribution < 1.29 is 14.2 Å². The summed E-state index contributed by atoms with van der Waals surface area (Å²) in [5.41, 5.74) is 1.28. The number of methoxy groups -OCH3 is 2. The molecule has 4 heteroatoms. The number of ether oxygens (including phenoxy) is 3. The number of rotatable bonds is 11. The molecule has 114 valence electrons. The fraction of sp³-hybridized carbons (Fsp3) is 0.625. The second kappa shape index (κ2) is 10.7. The zero-order valence-corrected chi connectivity index (χ0v) is 12.9. The summed E-state index contributed by atoms with van der Waals surface area (Å²) in [7, 11) is 3.37. The van der Waals surface area contributed by atoms with Crippen molar-refractivity contribution in [1.29, 1.82) is 0 Å². The molecular formula is C16H27NO3. The van der Waals surface area contributed by atoms with Gasteiger partial charge < -0.3 is 19.5 Å². The van der Waals surface area contributed by atoms with Crippen LogP contribution < -0.4 is 10.1 Å². The molecular weight excluding hydrogens is 254 g/mol. The van der Waals surface area contributed by atoms with Gasteiger partial charge in [-0.05, 0) is 44.0 Å². The fourth-order valence-electron chi connectivity index (χ4n) is 1.90. The summed E-state index contributed by atoms with van der Waals surface area (Å²) in [4.78, 5) is 0. The van der Waals surface area contributed by atoms with Crippen molar-refractivity contribution in [2.45, 2.75) is 25.8 Å². The van der Waals surface area contributed by atoms with Gasteiger partial charge in [-0.1, -0.05) is 12.1 Å². The molecule has 4 nitrogen and oxygen atoms in total. The van der Waals surface area contributed by atoms with E-state index in [1.54, 1.807) is 14.2 Å². The average molecular weight is 281 g/mol. The maximum atomic E-state index is 5.42. The van der Waals surface area contributed by atoms with Gasteiger partial charge in [0.2, 0.25) is 0 Å². The molecule has 1 atom stereocenters. The minimum Gasteiger partial charge on any atom is -0.497 e. The quantitative estimate of drug-likeness (QED) is 0.633. The number of hydrogen-bond donors (Lipinski definition) is 1. The number of benzene rings is 1. The van der Waals surface area contributed by atoms with Crippen molar-refractivity contribution in [3.63, 3.8) is 0 Å². The Morgan fingerprint density at radius 1 is 1.00 bits per heavy atom. The molecule has 0 aliphatic rings. The third kappa shape index (κ3) is 6.89. The normalized spacial score (nSPS) is 12.3. The van der Waals surface area contributed by atoms with Crippen LogP contribution in [0.4, 0.5) is 0 Å². The van der Waals surface area contributed by atoms with Crippen LogP contribution in [0.1, 0.15) is 31.4 Å². The van der Waals surface area contributed by atoms with Crippen LogP contribution in [0.2, 0.25) is 0 Å². The van der Waals surface area contributed by atoms with E-state index in [4.69, 9.17) is 14.2 Å². The first-order valence-corrected chi connectivity index (χ1v) is 7.22. The smallest absolute Gasteiger partial charge is 0.118 e. The molecule has 0 spiro atoms. The van der Waals surface area contributed by atoms with Gasteiger partial charge in [0, 0.05) is 19.8 Å². The minimum atomic E-state index is 0.357. The van der Waals surface area contributed by atoms with Gasteiger partial charge in [-0.2, -0.15) is 0 Å². The van der Waals surface area contributed by atoms with E-state index >= 15 is 0 Å². The van der Waals surface area contributed by atoms with E-state index in [1.165, 1.54) is 5.56 Å². The fourth-order valence-corrected chi connectivity index (χ4v) is 1.90. The van der Waals surface area contributed by atoms with Gasteiger partial charge in [0.1, 0.15) is 5.75 Å². The monoisotopic (exact) mass is 281 g/mol. The van der Waals surface area contributed by atoms with E-state index in [0.29, 0.717) is 19.3 Å². The van der Waals surface area contributed by atoms with Gasteiger partial charge in [-0.3, -0.25) is 0 Å². The van der Waals surface area contributed by atoms with E-state index in [1.807, 2.05) is 12.1 Å². The van der Waals surface area contributed by atoms with Crippen LogP contribution in [-0.4, -0.2) is 40.6 Å². The maximum Gasteiger partial charge on any atom is 0.118 e. The highest BCUT2D eigenvalue weighted by atomic mass is 16.5. The summed E-state index contributed by atoms with van der Waals surface area (Å²) in [6.45, 7) is 5.35. The van der Waals surface area contributed by atoms with Gasteiger partial charge in [-0.25, -0.2) is 0 Å². The molecule has 1 aromatic carbocycles. The lowest BCUT2D eigenvalue weighted by Gasteiger charge is -2.14. The molecule has 0 radical (unpaired) electrons. The molecule has 0 aliphatic heterocycles. The zero-order valence-electron chi connectivity index (χ0n) is 12.9. The molecule has 20 heavy (non-hydrogen) atoms. The summed E-state index contributed by atoms with van der Waals surface area (Å²) in [5, 5.41) is 3.52. The molecule has 0 bridgehead atoms. The van der Waals surface area contributed by atoms with Crippen molar-refractivity contribution in [2.24, 2.45) is 0 Å². The average Bonchev–Trinajstić information content (AvgIpc) is 2.50. The van der Waals surface area contributed by atoms with Gasteiger partial charge in [0.25, 0.3) is 0 Å². The van der Waals surface area contributed by atoms with Crippen molar-refractivity contribution in [3.05, 3.63) is 29.8 Å². The Balaban J connectivity index is 2.08. The summed E-state index contributed by atoms with van der Waals surface area (Å²) < 4.78 is 15.5. The van der Waals surface area contributed by atoms with E-state index in [0.717, 1.165) is 31.7 Å². The molecule has 0 heterocycles. The highest BCUT2D eigenvalue weighted by molar-refractivity contribution is 5.28. The van der Waals surface area contributed by atoms with E-state index in [9.17, 15) is 0 Å². The number of nitrogens with one attached hydrogen (secondary N) is 1. The summed E-state index contributed by atoms with van der Waals surface area (Å²) in [6.07, 6.45) is 2.19. The van der Waals surface area contributed by atoms with Crippen molar-refractivity contribution in [1.82, 2.24) is 5.32 Å². The van der Waals surface area contributed by atoms with Crippen LogP contribution in [0.5, 0.6) is 5.75 Å². The highest BCUT2D eigenvalue weighted by Gasteiger charge is 2.04. The molecule has 1 rings (SSSR count). The molecule has 0 saturated carbocycles. The van der Waals surface area contributed by atoms with Crippen LogP contribution in [0.3, 0.4) is 0 Å². The minimum absolute atomic E-state index is 0.357. The molecule has 1 N–H and O–H groups in total. The summed E-state index contributed by atoms with van der Waals surface area (Å²) >= 11 is 0. The Kier molecular flexibility index (Phi) is 9.04. The van der Waals surface area contributed by atoms with Crippen molar-refractivity contribution in [3.8, 4) is 5.75 Å². The number of hydrogen-bond acceptors (Lipinski definition) is 4. The Morgan fingerprint density at radius 2 is 1.75 bits per heavy atom. The SMILES string of the molecule is COCCOCCCCNC(C)c1ccc(OC)cc1. The first-order chi connectivity index (χ1) is 9.77. The van der Waals surface area contributed by atoms with Gasteiger partial charge in [0.05, 0.1) is 20.3 Å². The predicted octanol–water partition coefficient (Wildman–Crippen LogP) is 2.79. The lowest BCUT2D eigenvalue weighted by molar-refractivity contribution is 0.0687. The highest BCUT2D eigenvalue weighted by Crippen LogP contribution is 2.17. The van der Waals surface area contributed by atoms with E-state index in [-0.39, 0.29) is 0 Å². The molecule has 0 saturated heterocycles. The van der Waals surface area contributed by atoms with Crippen LogP contribution >= 0.6 is 0 Å². The van der Waals surface area contributed by atoms with Crippen LogP contribution in [-0.2, 0) is 9.47 Å². The zero-order chi connectivity index (χ0) is 14.6. The van der Waals surface area contributed by atoms with E-state index < -0.39 is 0 Å². The van der Waals surface area contributed by atoms with E-state index in [2.05, 4.69) is 24.4 Å². The molecule has 0 fully saturated rings. The van der Waals surface area contributed by atoms with Gasteiger partial charge in [0.15, 0.2) is 0 Å². The predicted molar refractivity (Wildman–Crippen MR) is 81.3 cm³/mol.